The Bertz CT molecular complexity index is 644. The number of carbonyl (C=O) groups excluding carboxylic acids is 1. The largest absolute Gasteiger partial charge is 0.491 e. The van der Waals surface area contributed by atoms with Crippen molar-refractivity contribution < 1.29 is 13.9 Å². The van der Waals surface area contributed by atoms with Gasteiger partial charge in [-0.15, -0.1) is 0 Å². The number of hydrogen-bond donors (Lipinski definition) is 2. The molecule has 1 amide bonds. The molecule has 2 aromatic carbocycles. The molecule has 0 aliphatic heterocycles. The monoisotopic (exact) mass is 316 g/mol. The Labute approximate surface area is 135 Å². The van der Waals surface area contributed by atoms with Crippen molar-refractivity contribution in [2.45, 2.75) is 26.4 Å². The van der Waals surface area contributed by atoms with Gasteiger partial charge in [-0.05, 0) is 49.7 Å². The van der Waals surface area contributed by atoms with Gasteiger partial charge in [0.1, 0.15) is 11.6 Å². The van der Waals surface area contributed by atoms with Crippen molar-refractivity contribution in [3.05, 3.63) is 54.3 Å². The first-order chi connectivity index (χ1) is 11.1. The van der Waals surface area contributed by atoms with Gasteiger partial charge in [0.15, 0.2) is 0 Å². The van der Waals surface area contributed by atoms with E-state index < -0.39 is 0 Å². The van der Waals surface area contributed by atoms with Crippen LogP contribution in [0.2, 0.25) is 0 Å². The molecule has 2 aromatic rings. The van der Waals surface area contributed by atoms with E-state index in [2.05, 4.69) is 17.6 Å². The van der Waals surface area contributed by atoms with E-state index in [4.69, 9.17) is 4.74 Å². The van der Waals surface area contributed by atoms with Gasteiger partial charge in [-0.1, -0.05) is 13.0 Å². The summed E-state index contributed by atoms with van der Waals surface area (Å²) < 4.78 is 18.6. The van der Waals surface area contributed by atoms with Crippen molar-refractivity contribution in [3.63, 3.8) is 0 Å². The summed E-state index contributed by atoms with van der Waals surface area (Å²) in [6.07, 6.45) is 1.07. The zero-order valence-electron chi connectivity index (χ0n) is 13.3. The van der Waals surface area contributed by atoms with Crippen LogP contribution in [-0.4, -0.2) is 18.6 Å². The minimum absolute atomic E-state index is 0.115. The number of anilines is 2. The molecule has 0 aliphatic carbocycles. The third-order valence-electron chi connectivity index (χ3n) is 3.33. The quantitative estimate of drug-likeness (QED) is 0.810. The Morgan fingerprint density at radius 1 is 1.17 bits per heavy atom. The molecule has 4 nitrogen and oxygen atoms in total. The maximum Gasteiger partial charge on any atom is 0.243 e. The molecule has 5 heteroatoms. The minimum Gasteiger partial charge on any atom is -0.491 e. The first-order valence-electron chi connectivity index (χ1n) is 7.63. The number of halogens is 1. The van der Waals surface area contributed by atoms with Gasteiger partial charge >= 0.3 is 0 Å². The second-order valence-corrected chi connectivity index (χ2v) is 5.27. The number of rotatable bonds is 7. The van der Waals surface area contributed by atoms with Crippen molar-refractivity contribution >= 4 is 17.3 Å². The molecule has 122 valence electrons. The van der Waals surface area contributed by atoms with Crippen molar-refractivity contribution in [1.82, 2.24) is 0 Å². The molecular weight excluding hydrogens is 295 g/mol. The fourth-order valence-corrected chi connectivity index (χ4v) is 1.92. The van der Waals surface area contributed by atoms with Gasteiger partial charge in [0, 0.05) is 17.4 Å². The number of nitrogens with one attached hydrogen (secondary N) is 2. The summed E-state index contributed by atoms with van der Waals surface area (Å²) in [6, 6.07) is 13.1. The SMILES string of the molecule is CCC(C)Oc1cccc(NCC(=O)Nc2ccc(F)cc2)c1. The van der Waals surface area contributed by atoms with E-state index in [9.17, 15) is 9.18 Å². The van der Waals surface area contributed by atoms with E-state index in [0.717, 1.165) is 17.9 Å². The average Bonchev–Trinajstić information content (AvgIpc) is 2.55. The number of amides is 1. The lowest BCUT2D eigenvalue weighted by Gasteiger charge is -2.14. The van der Waals surface area contributed by atoms with Crippen molar-refractivity contribution in [3.8, 4) is 5.75 Å². The summed E-state index contributed by atoms with van der Waals surface area (Å²) in [5.41, 5.74) is 1.37. The summed E-state index contributed by atoms with van der Waals surface area (Å²) in [4.78, 5) is 11.9. The first-order valence-corrected chi connectivity index (χ1v) is 7.63. The molecule has 0 bridgehead atoms. The summed E-state index contributed by atoms with van der Waals surface area (Å²) in [5.74, 6) is 0.229. The molecule has 23 heavy (non-hydrogen) atoms. The Hall–Kier alpha value is -2.56. The highest BCUT2D eigenvalue weighted by Gasteiger charge is 2.05. The van der Waals surface area contributed by atoms with Crippen molar-refractivity contribution in [2.75, 3.05) is 17.2 Å². The molecule has 0 spiro atoms. The minimum atomic E-state index is -0.334. The zero-order chi connectivity index (χ0) is 16.7. The molecule has 0 saturated heterocycles. The maximum absolute atomic E-state index is 12.8. The van der Waals surface area contributed by atoms with E-state index in [-0.39, 0.29) is 24.4 Å². The molecule has 0 saturated carbocycles. The fourth-order valence-electron chi connectivity index (χ4n) is 1.92. The predicted octanol–water partition coefficient (Wildman–Crippen LogP) is 4.05. The van der Waals surface area contributed by atoms with Crippen LogP contribution in [0.15, 0.2) is 48.5 Å². The Morgan fingerprint density at radius 2 is 1.91 bits per heavy atom. The lowest BCUT2D eigenvalue weighted by Crippen LogP contribution is -2.21. The molecule has 2 rings (SSSR count). The van der Waals surface area contributed by atoms with E-state index in [1.165, 1.54) is 24.3 Å². The van der Waals surface area contributed by atoms with Gasteiger partial charge in [-0.3, -0.25) is 4.79 Å². The van der Waals surface area contributed by atoms with Crippen LogP contribution in [0.4, 0.5) is 15.8 Å². The van der Waals surface area contributed by atoms with Crippen LogP contribution in [0.5, 0.6) is 5.75 Å². The van der Waals surface area contributed by atoms with E-state index in [1.54, 1.807) is 0 Å². The van der Waals surface area contributed by atoms with Crippen LogP contribution in [0.25, 0.3) is 0 Å². The maximum atomic E-state index is 12.8. The normalized spacial score (nSPS) is 11.6. The average molecular weight is 316 g/mol. The first kappa shape index (κ1) is 16.8. The Morgan fingerprint density at radius 3 is 2.61 bits per heavy atom. The number of hydrogen-bond acceptors (Lipinski definition) is 3. The molecule has 1 unspecified atom stereocenters. The highest BCUT2D eigenvalue weighted by molar-refractivity contribution is 5.93. The van der Waals surface area contributed by atoms with E-state index >= 15 is 0 Å². The smallest absolute Gasteiger partial charge is 0.243 e. The van der Waals surface area contributed by atoms with Crippen LogP contribution in [0.1, 0.15) is 20.3 Å². The van der Waals surface area contributed by atoms with Crippen molar-refractivity contribution in [2.24, 2.45) is 0 Å². The zero-order valence-corrected chi connectivity index (χ0v) is 13.3. The molecule has 1 atom stereocenters. The topological polar surface area (TPSA) is 50.4 Å². The highest BCUT2D eigenvalue weighted by Crippen LogP contribution is 2.19. The van der Waals surface area contributed by atoms with Crippen LogP contribution in [0, 0.1) is 5.82 Å². The molecule has 0 aromatic heterocycles. The molecule has 0 fully saturated rings. The molecule has 0 aliphatic rings. The Balaban J connectivity index is 1.86. The van der Waals surface area contributed by atoms with Gasteiger partial charge in [0.25, 0.3) is 0 Å². The summed E-state index contributed by atoms with van der Waals surface area (Å²) in [6.45, 7) is 4.19. The van der Waals surface area contributed by atoms with Gasteiger partial charge in [0.05, 0.1) is 12.6 Å². The lowest BCUT2D eigenvalue weighted by molar-refractivity contribution is -0.114. The van der Waals surface area contributed by atoms with Crippen molar-refractivity contribution in [1.29, 1.82) is 0 Å². The van der Waals surface area contributed by atoms with E-state index in [0.29, 0.717) is 5.69 Å². The second kappa shape index (κ2) is 8.17. The molecule has 0 radical (unpaired) electrons. The number of ether oxygens (including phenoxy) is 1. The predicted molar refractivity (Wildman–Crippen MR) is 90.3 cm³/mol. The molecular formula is C18H21FN2O2. The third kappa shape index (κ3) is 5.62. The van der Waals surface area contributed by atoms with Crippen LogP contribution >= 0.6 is 0 Å². The summed E-state index contributed by atoms with van der Waals surface area (Å²) in [7, 11) is 0. The number of carbonyl (C=O) groups is 1. The molecule has 0 heterocycles. The van der Waals surface area contributed by atoms with Crippen LogP contribution < -0.4 is 15.4 Å². The summed E-state index contributed by atoms with van der Waals surface area (Å²) >= 11 is 0. The van der Waals surface area contributed by atoms with E-state index in [1.807, 2.05) is 31.2 Å². The highest BCUT2D eigenvalue weighted by atomic mass is 19.1. The van der Waals surface area contributed by atoms with Crippen LogP contribution in [0.3, 0.4) is 0 Å². The Kier molecular flexibility index (Phi) is 5.97. The van der Waals surface area contributed by atoms with Gasteiger partial charge in [-0.2, -0.15) is 0 Å². The lowest BCUT2D eigenvalue weighted by atomic mass is 10.2. The number of benzene rings is 2. The summed E-state index contributed by atoms with van der Waals surface area (Å²) in [5, 5.41) is 5.74. The van der Waals surface area contributed by atoms with Gasteiger partial charge in [0.2, 0.25) is 5.91 Å². The van der Waals surface area contributed by atoms with Crippen LogP contribution in [-0.2, 0) is 4.79 Å². The van der Waals surface area contributed by atoms with Gasteiger partial charge < -0.3 is 15.4 Å². The third-order valence-corrected chi connectivity index (χ3v) is 3.33. The van der Waals surface area contributed by atoms with Gasteiger partial charge in [-0.25, -0.2) is 4.39 Å². The standard InChI is InChI=1S/C18H21FN2O2/c1-3-13(2)23-17-6-4-5-16(11-17)20-12-18(22)21-15-9-7-14(19)8-10-15/h4-11,13,20H,3,12H2,1-2H3,(H,21,22). The molecule has 2 N–H and O–H groups in total. The second-order valence-electron chi connectivity index (χ2n) is 5.27. The fraction of sp³-hybridized carbons (Fsp3) is 0.278.